The molecule has 0 fully saturated rings. The molecule has 0 saturated heterocycles. The van der Waals surface area contributed by atoms with Crippen LogP contribution in [0.15, 0.2) is 47.3 Å². The van der Waals surface area contributed by atoms with Gasteiger partial charge in [-0.25, -0.2) is 4.39 Å². The fourth-order valence-electron chi connectivity index (χ4n) is 2.24. The summed E-state index contributed by atoms with van der Waals surface area (Å²) in [5.74, 6) is -1.27. The zero-order chi connectivity index (χ0) is 16.6. The topological polar surface area (TPSA) is 64.0 Å². The lowest BCUT2D eigenvalue weighted by Gasteiger charge is -2.08. The Morgan fingerprint density at radius 2 is 2.00 bits per heavy atom. The Hall–Kier alpha value is -2.73. The van der Waals surface area contributed by atoms with Gasteiger partial charge >= 0.3 is 0 Å². The number of nitrogens with one attached hydrogen (secondary N) is 1. The summed E-state index contributed by atoms with van der Waals surface area (Å²) in [6.07, 6.45) is 0. The molecule has 5 nitrogen and oxygen atoms in total. The lowest BCUT2D eigenvalue weighted by molar-refractivity contribution is 0.101. The van der Waals surface area contributed by atoms with Crippen molar-refractivity contribution in [3.63, 3.8) is 0 Å². The summed E-state index contributed by atoms with van der Waals surface area (Å²) in [6.45, 7) is 0. The quantitative estimate of drug-likeness (QED) is 0.785. The van der Waals surface area contributed by atoms with Gasteiger partial charge in [0.1, 0.15) is 5.82 Å². The summed E-state index contributed by atoms with van der Waals surface area (Å²) in [5, 5.41) is 6.79. The SMILES string of the molecule is Cn1nc(C(=O)Nc2ccc(F)c(Cl)c2)c(=O)c2ccccc21. The molecule has 7 heteroatoms. The first kappa shape index (κ1) is 15.2. The van der Waals surface area contributed by atoms with Crippen molar-refractivity contribution in [1.82, 2.24) is 9.78 Å². The lowest BCUT2D eigenvalue weighted by atomic mass is 10.2. The molecule has 116 valence electrons. The fourth-order valence-corrected chi connectivity index (χ4v) is 2.42. The van der Waals surface area contributed by atoms with Crippen molar-refractivity contribution in [1.29, 1.82) is 0 Å². The number of nitrogens with zero attached hydrogens (tertiary/aromatic N) is 2. The van der Waals surface area contributed by atoms with Crippen LogP contribution in [0.3, 0.4) is 0 Å². The maximum absolute atomic E-state index is 13.1. The molecular formula is C16H11ClFN3O2. The first-order valence-corrected chi connectivity index (χ1v) is 7.07. The van der Waals surface area contributed by atoms with Crippen LogP contribution in [0.25, 0.3) is 10.9 Å². The van der Waals surface area contributed by atoms with E-state index in [4.69, 9.17) is 11.6 Å². The van der Waals surface area contributed by atoms with E-state index in [0.717, 1.165) is 6.07 Å². The third-order valence-electron chi connectivity index (χ3n) is 3.35. The molecule has 0 atom stereocenters. The Kier molecular flexibility index (Phi) is 3.83. The van der Waals surface area contributed by atoms with Crippen LogP contribution in [0.2, 0.25) is 5.02 Å². The highest BCUT2D eigenvalue weighted by molar-refractivity contribution is 6.31. The number of benzene rings is 2. The number of aryl methyl sites for hydroxylation is 1. The Balaban J connectivity index is 2.02. The number of hydrogen-bond acceptors (Lipinski definition) is 3. The summed E-state index contributed by atoms with van der Waals surface area (Å²) in [4.78, 5) is 24.7. The Morgan fingerprint density at radius 3 is 2.74 bits per heavy atom. The highest BCUT2D eigenvalue weighted by Crippen LogP contribution is 2.19. The van der Waals surface area contributed by atoms with Gasteiger partial charge in [0.25, 0.3) is 5.91 Å². The van der Waals surface area contributed by atoms with Gasteiger partial charge in [-0.1, -0.05) is 23.7 Å². The van der Waals surface area contributed by atoms with Gasteiger partial charge in [-0.2, -0.15) is 5.10 Å². The van der Waals surface area contributed by atoms with Gasteiger partial charge in [-0.05, 0) is 30.3 Å². The molecule has 0 saturated carbocycles. The second-order valence-electron chi connectivity index (χ2n) is 4.90. The fraction of sp³-hybridized carbons (Fsp3) is 0.0625. The van der Waals surface area contributed by atoms with Crippen molar-refractivity contribution in [3.8, 4) is 0 Å². The van der Waals surface area contributed by atoms with Gasteiger partial charge < -0.3 is 5.32 Å². The van der Waals surface area contributed by atoms with E-state index in [0.29, 0.717) is 10.9 Å². The van der Waals surface area contributed by atoms with Gasteiger partial charge in [0.05, 0.1) is 10.5 Å². The van der Waals surface area contributed by atoms with Crippen molar-refractivity contribution in [2.75, 3.05) is 5.32 Å². The summed E-state index contributed by atoms with van der Waals surface area (Å²) < 4.78 is 14.6. The first-order valence-electron chi connectivity index (χ1n) is 6.70. The molecule has 0 bridgehead atoms. The number of hydrogen-bond donors (Lipinski definition) is 1. The van der Waals surface area contributed by atoms with Crippen LogP contribution in [0.1, 0.15) is 10.5 Å². The standard InChI is InChI=1S/C16H11ClFN3O2/c1-21-13-5-3-2-4-10(13)15(22)14(20-21)16(23)19-9-6-7-12(18)11(17)8-9/h2-8H,1H3,(H,19,23). The Labute approximate surface area is 135 Å². The van der Waals surface area contributed by atoms with Gasteiger partial charge in [0.15, 0.2) is 5.69 Å². The summed E-state index contributed by atoms with van der Waals surface area (Å²) in [5.41, 5.74) is 0.188. The predicted octanol–water partition coefficient (Wildman–Crippen LogP) is 2.98. The van der Waals surface area contributed by atoms with Crippen LogP contribution in [-0.2, 0) is 7.05 Å². The smallest absolute Gasteiger partial charge is 0.280 e. The normalized spacial score (nSPS) is 10.7. The van der Waals surface area contributed by atoms with Crippen molar-refractivity contribution in [2.24, 2.45) is 7.05 Å². The van der Waals surface area contributed by atoms with Gasteiger partial charge in [0, 0.05) is 18.1 Å². The van der Waals surface area contributed by atoms with E-state index in [1.807, 2.05) is 0 Å². The number of halogens is 2. The van der Waals surface area contributed by atoms with Crippen LogP contribution in [0.5, 0.6) is 0 Å². The average Bonchev–Trinajstić information content (AvgIpc) is 2.54. The number of carbonyl (C=O) groups excluding carboxylic acids is 1. The van der Waals surface area contributed by atoms with Crippen LogP contribution in [0, 0.1) is 5.82 Å². The van der Waals surface area contributed by atoms with Crippen molar-refractivity contribution >= 4 is 34.1 Å². The largest absolute Gasteiger partial charge is 0.320 e. The van der Waals surface area contributed by atoms with Crippen LogP contribution < -0.4 is 10.7 Å². The molecule has 1 aromatic heterocycles. The van der Waals surface area contributed by atoms with Gasteiger partial charge in [-0.3, -0.25) is 14.3 Å². The highest BCUT2D eigenvalue weighted by atomic mass is 35.5. The monoisotopic (exact) mass is 331 g/mol. The molecule has 0 unspecified atom stereocenters. The van der Waals surface area contributed by atoms with E-state index >= 15 is 0 Å². The minimum absolute atomic E-state index is 0.123. The summed E-state index contributed by atoms with van der Waals surface area (Å²) in [7, 11) is 1.65. The van der Waals surface area contributed by atoms with E-state index in [1.54, 1.807) is 31.3 Å². The molecular weight excluding hydrogens is 321 g/mol. The zero-order valence-corrected chi connectivity index (χ0v) is 12.8. The maximum atomic E-state index is 13.1. The van der Waals surface area contributed by atoms with Crippen molar-refractivity contribution in [3.05, 3.63) is 69.2 Å². The molecule has 1 amide bonds. The third-order valence-corrected chi connectivity index (χ3v) is 3.64. The first-order chi connectivity index (χ1) is 11.0. The predicted molar refractivity (Wildman–Crippen MR) is 86.3 cm³/mol. The lowest BCUT2D eigenvalue weighted by Crippen LogP contribution is -2.26. The second-order valence-corrected chi connectivity index (χ2v) is 5.31. The number of amides is 1. The number of rotatable bonds is 2. The number of para-hydroxylation sites is 1. The van der Waals surface area contributed by atoms with Crippen LogP contribution >= 0.6 is 11.6 Å². The maximum Gasteiger partial charge on any atom is 0.280 e. The molecule has 3 aromatic rings. The summed E-state index contributed by atoms with van der Waals surface area (Å²) in [6, 6.07) is 10.6. The van der Waals surface area contributed by atoms with Gasteiger partial charge in [-0.15, -0.1) is 0 Å². The molecule has 2 aromatic carbocycles. The average molecular weight is 332 g/mol. The molecule has 23 heavy (non-hydrogen) atoms. The number of carbonyl (C=O) groups is 1. The molecule has 1 N–H and O–H groups in total. The Bertz CT molecular complexity index is 985. The molecule has 0 radical (unpaired) electrons. The third kappa shape index (κ3) is 2.80. The minimum Gasteiger partial charge on any atom is -0.320 e. The van der Waals surface area contributed by atoms with E-state index in [1.165, 1.54) is 16.8 Å². The molecule has 0 aliphatic rings. The van der Waals surface area contributed by atoms with E-state index in [2.05, 4.69) is 10.4 Å². The second kappa shape index (κ2) is 5.81. The van der Waals surface area contributed by atoms with E-state index < -0.39 is 17.2 Å². The number of anilines is 1. The van der Waals surface area contributed by atoms with Crippen molar-refractivity contribution in [2.45, 2.75) is 0 Å². The molecule has 0 aliphatic carbocycles. The highest BCUT2D eigenvalue weighted by Gasteiger charge is 2.17. The molecule has 0 spiro atoms. The van der Waals surface area contributed by atoms with E-state index in [9.17, 15) is 14.0 Å². The number of fused-ring (bicyclic) bond motifs is 1. The Morgan fingerprint density at radius 1 is 1.26 bits per heavy atom. The molecule has 0 aliphatic heterocycles. The number of aromatic nitrogens is 2. The van der Waals surface area contributed by atoms with Crippen molar-refractivity contribution < 1.29 is 9.18 Å². The van der Waals surface area contributed by atoms with Crippen LogP contribution in [-0.4, -0.2) is 15.7 Å². The zero-order valence-electron chi connectivity index (χ0n) is 12.0. The summed E-state index contributed by atoms with van der Waals surface area (Å²) >= 11 is 5.67. The van der Waals surface area contributed by atoms with E-state index in [-0.39, 0.29) is 16.4 Å². The molecule has 3 rings (SSSR count). The van der Waals surface area contributed by atoms with Crippen LogP contribution in [0.4, 0.5) is 10.1 Å². The minimum atomic E-state index is -0.681. The molecule has 1 heterocycles. The van der Waals surface area contributed by atoms with Gasteiger partial charge in [0.2, 0.25) is 5.43 Å².